The Morgan fingerprint density at radius 1 is 1.29 bits per heavy atom. The topological polar surface area (TPSA) is 83.7 Å². The molecule has 34 heavy (non-hydrogen) atoms. The van der Waals surface area contributed by atoms with Crippen molar-refractivity contribution in [3.05, 3.63) is 68.2 Å². The lowest BCUT2D eigenvalue weighted by Crippen LogP contribution is -2.38. The van der Waals surface area contributed by atoms with Crippen molar-refractivity contribution in [3.63, 3.8) is 0 Å². The van der Waals surface area contributed by atoms with Crippen LogP contribution in [0.1, 0.15) is 46.9 Å². The first-order valence-corrected chi connectivity index (χ1v) is 12.5. The van der Waals surface area contributed by atoms with Gasteiger partial charge in [-0.25, -0.2) is 0 Å². The summed E-state index contributed by atoms with van der Waals surface area (Å²) in [4.78, 5) is 28.5. The number of nitrogens with one attached hydrogen (secondary N) is 2. The van der Waals surface area contributed by atoms with Gasteiger partial charge in [-0.2, -0.15) is 9.61 Å². The molecule has 0 saturated carbocycles. The number of fused-ring (bicyclic) bond motifs is 2. The Labute approximate surface area is 203 Å². The molecule has 4 heterocycles. The maximum absolute atomic E-state index is 13.1. The summed E-state index contributed by atoms with van der Waals surface area (Å²) in [6.07, 6.45) is 4.38. The average Bonchev–Trinajstić information content (AvgIpc) is 3.29. The van der Waals surface area contributed by atoms with Crippen LogP contribution in [0.15, 0.2) is 35.3 Å². The number of likely N-dealkylation sites (tertiary alicyclic amines) is 1. The van der Waals surface area contributed by atoms with Gasteiger partial charge in [0.1, 0.15) is 5.56 Å². The molecule has 1 aromatic carbocycles. The number of amides is 1. The van der Waals surface area contributed by atoms with Gasteiger partial charge in [0, 0.05) is 49.9 Å². The first kappa shape index (κ1) is 23.1. The molecule has 2 aliphatic heterocycles. The van der Waals surface area contributed by atoms with Crippen LogP contribution in [0.4, 0.5) is 0 Å². The van der Waals surface area contributed by atoms with Crippen molar-refractivity contribution in [2.75, 3.05) is 26.2 Å². The van der Waals surface area contributed by atoms with E-state index in [2.05, 4.69) is 31.3 Å². The van der Waals surface area contributed by atoms with Crippen LogP contribution < -0.4 is 16.2 Å². The zero-order chi connectivity index (χ0) is 23.7. The first-order chi connectivity index (χ1) is 16.5. The number of halogens is 1. The summed E-state index contributed by atoms with van der Waals surface area (Å²) in [5.41, 5.74) is 3.93. The van der Waals surface area contributed by atoms with Crippen molar-refractivity contribution in [2.24, 2.45) is 5.92 Å². The fraction of sp³-hybridized carbons (Fsp3) is 0.480. The van der Waals surface area contributed by atoms with Crippen LogP contribution in [0.5, 0.6) is 0 Å². The van der Waals surface area contributed by atoms with Crippen LogP contribution in [0.25, 0.3) is 5.65 Å². The van der Waals surface area contributed by atoms with Gasteiger partial charge >= 0.3 is 0 Å². The van der Waals surface area contributed by atoms with E-state index < -0.39 is 0 Å². The Kier molecular flexibility index (Phi) is 6.72. The molecule has 1 fully saturated rings. The number of hydrogen-bond donors (Lipinski definition) is 2. The maximum atomic E-state index is 13.1. The third-order valence-corrected chi connectivity index (χ3v) is 7.31. The summed E-state index contributed by atoms with van der Waals surface area (Å²) < 4.78 is 3.46. The van der Waals surface area contributed by atoms with Crippen molar-refractivity contribution in [1.82, 2.24) is 29.7 Å². The van der Waals surface area contributed by atoms with Gasteiger partial charge in [-0.3, -0.25) is 14.5 Å². The highest BCUT2D eigenvalue weighted by Crippen LogP contribution is 2.21. The van der Waals surface area contributed by atoms with E-state index in [0.29, 0.717) is 36.8 Å². The fourth-order valence-corrected chi connectivity index (χ4v) is 5.46. The zero-order valence-corrected chi connectivity index (χ0v) is 20.3. The zero-order valence-electron chi connectivity index (χ0n) is 19.5. The number of nitrogens with zero attached hydrogens (tertiary/aromatic N) is 4. The van der Waals surface area contributed by atoms with Gasteiger partial charge < -0.3 is 15.2 Å². The molecular formula is C25H31ClN6O2. The Morgan fingerprint density at radius 3 is 2.88 bits per heavy atom. The molecule has 1 saturated heterocycles. The molecule has 180 valence electrons. The molecule has 5 rings (SSSR count). The summed E-state index contributed by atoms with van der Waals surface area (Å²) in [6.45, 7) is 7.62. The maximum Gasteiger partial charge on any atom is 0.279 e. The largest absolute Gasteiger partial charge is 0.352 e. The predicted molar refractivity (Wildman–Crippen MR) is 132 cm³/mol. The molecule has 0 aliphatic carbocycles. The number of carbonyl (C=O) groups is 1. The number of benzene rings is 1. The third-order valence-electron chi connectivity index (χ3n) is 7.08. The van der Waals surface area contributed by atoms with Gasteiger partial charge in [-0.05, 0) is 56.5 Å². The van der Waals surface area contributed by atoms with Gasteiger partial charge in [0.25, 0.3) is 11.5 Å². The van der Waals surface area contributed by atoms with E-state index in [1.807, 2.05) is 25.1 Å². The van der Waals surface area contributed by atoms with E-state index in [1.165, 1.54) is 16.3 Å². The lowest BCUT2D eigenvalue weighted by atomic mass is 9.96. The summed E-state index contributed by atoms with van der Waals surface area (Å²) >= 11 is 6.11. The Morgan fingerprint density at radius 2 is 2.12 bits per heavy atom. The average molecular weight is 483 g/mol. The second kappa shape index (κ2) is 9.90. The van der Waals surface area contributed by atoms with Crippen molar-refractivity contribution in [1.29, 1.82) is 0 Å². The first-order valence-electron chi connectivity index (χ1n) is 12.1. The van der Waals surface area contributed by atoms with Crippen molar-refractivity contribution >= 4 is 23.2 Å². The standard InChI is InChI=1S/C25H31ClN6O2/c1-2-31-22-6-9-27-14-20(22)25(34)32-24(31)21(15-29-32)23(33)28-13-17-7-10-30(11-8-17)16-18-4-3-5-19(26)12-18/h3-5,12,15,17,27H,2,6-11,13-14,16H2,1H3,(H,28,33). The molecular weight excluding hydrogens is 452 g/mol. The molecule has 2 aromatic heterocycles. The molecule has 9 heteroatoms. The van der Waals surface area contributed by atoms with E-state index >= 15 is 0 Å². The van der Waals surface area contributed by atoms with E-state index in [-0.39, 0.29) is 11.5 Å². The summed E-state index contributed by atoms with van der Waals surface area (Å²) in [6, 6.07) is 8.02. The monoisotopic (exact) mass is 482 g/mol. The van der Waals surface area contributed by atoms with Crippen molar-refractivity contribution in [2.45, 2.75) is 45.8 Å². The number of hydrogen-bond acceptors (Lipinski definition) is 5. The Bertz CT molecular complexity index is 1260. The second-order valence-corrected chi connectivity index (χ2v) is 9.69. The molecule has 0 radical (unpaired) electrons. The molecule has 1 amide bonds. The van der Waals surface area contributed by atoms with Crippen LogP contribution in [0, 0.1) is 5.92 Å². The Hall–Kier alpha value is -2.68. The number of aryl methyl sites for hydroxylation is 1. The molecule has 3 aromatic rings. The quantitative estimate of drug-likeness (QED) is 0.564. The van der Waals surface area contributed by atoms with Gasteiger partial charge in [-0.15, -0.1) is 0 Å². The highest BCUT2D eigenvalue weighted by molar-refractivity contribution is 6.30. The molecule has 0 spiro atoms. The molecule has 2 aliphatic rings. The van der Waals surface area contributed by atoms with E-state index in [1.54, 1.807) is 0 Å². The minimum atomic E-state index is -0.160. The lowest BCUT2D eigenvalue weighted by molar-refractivity contribution is 0.0936. The summed E-state index contributed by atoms with van der Waals surface area (Å²) in [7, 11) is 0. The van der Waals surface area contributed by atoms with Crippen LogP contribution in [0.3, 0.4) is 0 Å². The number of rotatable bonds is 6. The van der Waals surface area contributed by atoms with Crippen molar-refractivity contribution in [3.8, 4) is 0 Å². The summed E-state index contributed by atoms with van der Waals surface area (Å²) in [5, 5.41) is 11.4. The van der Waals surface area contributed by atoms with Crippen LogP contribution in [-0.2, 0) is 26.1 Å². The van der Waals surface area contributed by atoms with Gasteiger partial charge in [-0.1, -0.05) is 23.7 Å². The van der Waals surface area contributed by atoms with E-state index in [9.17, 15) is 9.59 Å². The number of aromatic nitrogens is 3. The van der Waals surface area contributed by atoms with Crippen LogP contribution in [0.2, 0.25) is 5.02 Å². The number of piperidine rings is 1. The fourth-order valence-electron chi connectivity index (χ4n) is 5.25. The van der Waals surface area contributed by atoms with Crippen molar-refractivity contribution < 1.29 is 4.79 Å². The molecule has 0 atom stereocenters. The lowest BCUT2D eigenvalue weighted by Gasteiger charge is -2.32. The second-order valence-electron chi connectivity index (χ2n) is 9.25. The smallest absolute Gasteiger partial charge is 0.279 e. The minimum Gasteiger partial charge on any atom is -0.352 e. The minimum absolute atomic E-state index is 0.131. The number of carbonyl (C=O) groups excluding carboxylic acids is 1. The molecule has 8 nitrogen and oxygen atoms in total. The highest BCUT2D eigenvalue weighted by atomic mass is 35.5. The molecule has 0 bridgehead atoms. The van der Waals surface area contributed by atoms with E-state index in [0.717, 1.165) is 61.7 Å². The highest BCUT2D eigenvalue weighted by Gasteiger charge is 2.25. The van der Waals surface area contributed by atoms with Gasteiger partial charge in [0.15, 0.2) is 5.65 Å². The normalized spacial score (nSPS) is 17.1. The predicted octanol–water partition coefficient (Wildman–Crippen LogP) is 2.46. The SMILES string of the molecule is CCn1c2c(c(=O)n3ncc(C(=O)NCC4CCN(Cc5cccc(Cl)c5)CC4)c13)CNCC2. The molecule has 0 unspecified atom stereocenters. The molecule has 2 N–H and O–H groups in total. The van der Waals surface area contributed by atoms with Crippen LogP contribution in [-0.4, -0.2) is 51.2 Å². The van der Waals surface area contributed by atoms with E-state index in [4.69, 9.17) is 11.6 Å². The summed E-state index contributed by atoms with van der Waals surface area (Å²) in [5.74, 6) is 0.278. The van der Waals surface area contributed by atoms with Crippen LogP contribution >= 0.6 is 11.6 Å². The Balaban J connectivity index is 1.24. The third kappa shape index (κ3) is 4.50. The van der Waals surface area contributed by atoms with Gasteiger partial charge in [0.2, 0.25) is 0 Å². The van der Waals surface area contributed by atoms with Gasteiger partial charge in [0.05, 0.1) is 11.8 Å².